The van der Waals surface area contributed by atoms with Gasteiger partial charge < -0.3 is 24.0 Å². The maximum absolute atomic E-state index is 8.83. The molecule has 0 amide bonds. The van der Waals surface area contributed by atoms with Crippen LogP contribution < -0.4 is 9.47 Å². The number of nitrogens with zero attached hydrogens (tertiary/aromatic N) is 5. The second-order valence-electron chi connectivity index (χ2n) is 9.89. The molecule has 4 heterocycles. The van der Waals surface area contributed by atoms with Crippen molar-refractivity contribution in [2.45, 2.75) is 0 Å². The van der Waals surface area contributed by atoms with Gasteiger partial charge in [0.2, 0.25) is 5.95 Å². The number of rotatable bonds is 7. The number of pyridine rings is 2. The van der Waals surface area contributed by atoms with Gasteiger partial charge in [0.1, 0.15) is 0 Å². The van der Waals surface area contributed by atoms with Gasteiger partial charge in [0.15, 0.2) is 0 Å². The molecule has 0 fully saturated rings. The molecule has 0 saturated carbocycles. The summed E-state index contributed by atoms with van der Waals surface area (Å²) in [5.74, 6) is 1.57. The molecule has 0 radical (unpaired) electrons. The number of hydrogen-bond acceptors (Lipinski definition) is 6. The summed E-state index contributed by atoms with van der Waals surface area (Å²) in [6.45, 7) is 0. The van der Waals surface area contributed by atoms with Gasteiger partial charge in [-0.1, -0.05) is 47.4 Å². The molecular weight excluding hydrogens is 771 g/mol. The Morgan fingerprint density at radius 1 is 0.489 bits per heavy atom. The fourth-order valence-electron chi connectivity index (χ4n) is 5.00. The van der Waals surface area contributed by atoms with Gasteiger partial charge in [-0.05, 0) is 32.3 Å². The first-order chi connectivity index (χ1) is 23.1. The van der Waals surface area contributed by atoms with Crippen LogP contribution in [-0.2, 0) is 40.8 Å². The normalized spacial score (nSPS) is 11.2. The smallest absolute Gasteiger partial charge is 0.503 e. The molecule has 0 aliphatic heterocycles. The Morgan fingerprint density at radius 3 is 1.45 bits per heavy atom. The van der Waals surface area contributed by atoms with E-state index in [4.69, 9.17) is 12.2 Å². The van der Waals surface area contributed by atoms with Crippen LogP contribution in [-0.4, -0.2) is 24.5 Å². The molecule has 0 aliphatic rings. The van der Waals surface area contributed by atoms with Gasteiger partial charge in [0.25, 0.3) is 0 Å². The van der Waals surface area contributed by atoms with Crippen molar-refractivity contribution in [2.24, 2.45) is 0 Å². The Kier molecular flexibility index (Phi) is 8.87. The van der Waals surface area contributed by atoms with Crippen LogP contribution in [0.1, 0.15) is 2.74 Å². The van der Waals surface area contributed by atoms with Gasteiger partial charge in [-0.15, -0.1) is 71.7 Å². The fraction of sp³-hybridized carbons (Fsp3) is 0. The maximum Gasteiger partial charge on any atom is 2.00 e. The van der Waals surface area contributed by atoms with E-state index < -0.39 is 0 Å². The average Bonchev–Trinajstić information content (AvgIpc) is 3.41. The molecule has 0 aliphatic carbocycles. The van der Waals surface area contributed by atoms with Gasteiger partial charge in [-0.2, -0.15) is 22.9 Å². The van der Waals surface area contributed by atoms with Crippen LogP contribution in [0, 0.1) is 24.3 Å². The van der Waals surface area contributed by atoms with E-state index in [-0.39, 0.29) is 64.4 Å². The summed E-state index contributed by atoms with van der Waals surface area (Å²) in [5.41, 5.74) is 4.13. The molecule has 9 heteroatoms. The minimum absolute atomic E-state index is 0. The molecule has 4 aromatic carbocycles. The molecule has 0 bridgehead atoms. The second-order valence-corrected chi connectivity index (χ2v) is 9.89. The van der Waals surface area contributed by atoms with E-state index in [0.717, 1.165) is 22.5 Å². The molecule has 0 saturated heterocycles. The summed E-state index contributed by atoms with van der Waals surface area (Å²) in [6, 6.07) is 40.7. The first-order valence-corrected chi connectivity index (χ1v) is 14.1. The van der Waals surface area contributed by atoms with E-state index in [2.05, 4.69) is 44.2 Å². The van der Waals surface area contributed by atoms with Crippen molar-refractivity contribution in [2.75, 3.05) is 0 Å². The van der Waals surface area contributed by atoms with Crippen LogP contribution >= 0.6 is 0 Å². The number of hydrogen-bond donors (Lipinski definition) is 0. The van der Waals surface area contributed by atoms with Crippen LogP contribution in [0.15, 0.2) is 128 Å². The summed E-state index contributed by atoms with van der Waals surface area (Å²) >= 11 is 0. The maximum atomic E-state index is 8.83. The molecule has 0 unspecified atom stereocenters. The summed E-state index contributed by atoms with van der Waals surface area (Å²) in [5, 5.41) is 1.33. The van der Waals surface area contributed by atoms with Crippen LogP contribution in [0.5, 0.6) is 23.0 Å². The minimum Gasteiger partial charge on any atom is -0.503 e. The van der Waals surface area contributed by atoms with Gasteiger partial charge in [-0.3, -0.25) is 0 Å². The molecule has 0 N–H and O–H groups in total. The number of fused-ring (bicyclic) bond motifs is 3. The molecule has 4 aromatic heterocycles. The number of benzene rings is 4. The Morgan fingerprint density at radius 2 is 0.979 bits per heavy atom. The fourth-order valence-corrected chi connectivity index (χ4v) is 5.00. The van der Waals surface area contributed by atoms with Crippen molar-refractivity contribution < 1.29 is 53.1 Å². The molecule has 47 heavy (non-hydrogen) atoms. The zero-order valence-corrected chi connectivity index (χ0v) is 27.3. The molecule has 8 rings (SSSR count). The van der Waals surface area contributed by atoms with Crippen molar-refractivity contribution in [3.05, 3.63) is 152 Å². The van der Waals surface area contributed by atoms with Crippen molar-refractivity contribution in [3.63, 3.8) is 0 Å². The Balaban J connectivity index is 0.00000208. The van der Waals surface area contributed by atoms with Crippen molar-refractivity contribution in [3.8, 4) is 51.5 Å². The summed E-state index contributed by atoms with van der Waals surface area (Å²) in [7, 11) is 0. The van der Waals surface area contributed by atoms with Crippen molar-refractivity contribution >= 4 is 21.8 Å². The number of aromatic nitrogens is 5. The molecule has 230 valence electrons. The zero-order valence-electron chi connectivity index (χ0n) is 26.2. The van der Waals surface area contributed by atoms with Gasteiger partial charge in [-0.25, -0.2) is 9.97 Å². The molecule has 0 spiro atoms. The summed E-state index contributed by atoms with van der Waals surface area (Å²) in [6.07, 6.45) is 6.72. The van der Waals surface area contributed by atoms with E-state index in [0.29, 0.717) is 39.3 Å². The Hall–Kier alpha value is -5.02. The number of ether oxygens (including phenoxy) is 2. The van der Waals surface area contributed by atoms with Crippen LogP contribution in [0.25, 0.3) is 50.3 Å². The van der Waals surface area contributed by atoms with Crippen molar-refractivity contribution in [1.29, 1.82) is 0 Å². The quantitative estimate of drug-likeness (QED) is 0.119. The van der Waals surface area contributed by atoms with E-state index in [1.54, 1.807) is 59.7 Å². The summed E-state index contributed by atoms with van der Waals surface area (Å²) < 4.78 is 31.8. The van der Waals surface area contributed by atoms with Gasteiger partial charge in [0, 0.05) is 47.8 Å². The summed E-state index contributed by atoms with van der Waals surface area (Å²) in [4.78, 5) is 17.8. The predicted molar refractivity (Wildman–Crippen MR) is 171 cm³/mol. The average molecular weight is 794 g/mol. The Bertz CT molecular complexity index is 2250. The molecule has 8 aromatic rings. The zero-order chi connectivity index (χ0) is 31.7. The monoisotopic (exact) mass is 793 g/mol. The predicted octanol–water partition coefficient (Wildman–Crippen LogP) is 8.48. The van der Waals surface area contributed by atoms with Crippen LogP contribution in [0.2, 0.25) is 0 Å². The first-order valence-electron chi connectivity index (χ1n) is 15.1. The van der Waals surface area contributed by atoms with Gasteiger partial charge >= 0.3 is 40.8 Å². The minimum atomic E-state index is 0. The molecule has 0 atom stereocenters. The SMILES string of the molecule is [2H]c1cc2c3cc([2H])c(Oc4[c-]c(-c5ccccn5)ccc4)[c-]c3n(-c3ncccn3)c2[c-]c1Oc1[c-]c(-c2ccccn2)ccc1.[Pd+2].[Pd+2]. The van der Waals surface area contributed by atoms with Crippen LogP contribution in [0.4, 0.5) is 0 Å². The van der Waals surface area contributed by atoms with E-state index in [1.807, 2.05) is 60.7 Å². The van der Waals surface area contributed by atoms with E-state index >= 15 is 0 Å². The third-order valence-corrected chi connectivity index (χ3v) is 7.00. The van der Waals surface area contributed by atoms with Crippen molar-refractivity contribution in [1.82, 2.24) is 24.5 Å². The third-order valence-electron chi connectivity index (χ3n) is 7.00. The molecule has 7 nitrogen and oxygen atoms in total. The first kappa shape index (κ1) is 29.4. The Labute approximate surface area is 301 Å². The standard InChI is InChI=1S/C38H21N5O2.2Pd/c1-3-18-39-34(12-1)26-8-5-10-28(22-26)44-30-14-16-32-33-17-15-31(25-37(33)43(36(32)24-30)38-41-20-7-21-42-38)45-29-11-6-9-27(23-29)35-13-2-4-19-40-35;;/h1-21H;;/q-4;2*+2/i14D,15D;;. The molecular formula is C38H21N5O2Pd2. The van der Waals surface area contributed by atoms with Gasteiger partial charge in [0.05, 0.1) is 0 Å². The van der Waals surface area contributed by atoms with Crippen LogP contribution in [0.3, 0.4) is 0 Å². The second kappa shape index (κ2) is 14.2. The van der Waals surface area contributed by atoms with E-state index in [9.17, 15) is 0 Å². The topological polar surface area (TPSA) is 75.0 Å². The third kappa shape index (κ3) is 6.62. The van der Waals surface area contributed by atoms with E-state index in [1.165, 1.54) is 0 Å². The largest absolute Gasteiger partial charge is 2.00 e.